The van der Waals surface area contributed by atoms with E-state index in [1.807, 2.05) is 6.92 Å². The van der Waals surface area contributed by atoms with Gasteiger partial charge in [-0.2, -0.15) is 0 Å². The number of hydrogen-bond donors (Lipinski definition) is 2. The van der Waals surface area contributed by atoms with Crippen LogP contribution in [0.4, 0.5) is 10.1 Å². The normalized spacial score (nSPS) is 12.7. The van der Waals surface area contributed by atoms with Crippen molar-refractivity contribution in [3.8, 4) is 5.75 Å². The van der Waals surface area contributed by atoms with E-state index in [0.29, 0.717) is 17.9 Å². The number of benzene rings is 1. The average Bonchev–Trinajstić information content (AvgIpc) is 2.35. The van der Waals surface area contributed by atoms with E-state index in [9.17, 15) is 9.18 Å². The van der Waals surface area contributed by atoms with E-state index in [0.717, 1.165) is 0 Å². The van der Waals surface area contributed by atoms with Gasteiger partial charge in [-0.15, -0.1) is 0 Å². The van der Waals surface area contributed by atoms with E-state index < -0.39 is 0 Å². The predicted molar refractivity (Wildman–Crippen MR) is 78.0 cm³/mol. The molecule has 0 unspecified atom stereocenters. The number of hydrazine groups is 1. The molecule has 0 aromatic heterocycles. The van der Waals surface area contributed by atoms with Gasteiger partial charge in [-0.05, 0) is 23.5 Å². The highest BCUT2D eigenvalue weighted by Gasteiger charge is 2.22. The van der Waals surface area contributed by atoms with E-state index in [4.69, 9.17) is 4.74 Å². The molecule has 0 bridgehead atoms. The Balaban J connectivity index is 2.57. The number of carbonyl (C=O) groups excluding carboxylic acids is 1. The topological polar surface area (TPSA) is 50.4 Å². The number of methoxy groups -OCH3 is 1. The van der Waals surface area contributed by atoms with Gasteiger partial charge in [-0.3, -0.25) is 15.6 Å². The van der Waals surface area contributed by atoms with Crippen LogP contribution in [0, 0.1) is 17.2 Å². The molecular formula is C15H23FN2O2. The Labute approximate surface area is 119 Å². The molecule has 20 heavy (non-hydrogen) atoms. The Morgan fingerprint density at radius 1 is 1.40 bits per heavy atom. The summed E-state index contributed by atoms with van der Waals surface area (Å²) in [5.41, 5.74) is 5.95. The Bertz CT molecular complexity index is 469. The first-order chi connectivity index (χ1) is 9.24. The van der Waals surface area contributed by atoms with Crippen LogP contribution in [-0.4, -0.2) is 13.0 Å². The largest absolute Gasteiger partial charge is 0.494 e. The molecule has 0 spiro atoms. The molecule has 1 rings (SSSR count). The summed E-state index contributed by atoms with van der Waals surface area (Å²) in [6.07, 6.45) is 0.417. The lowest BCUT2D eigenvalue weighted by atomic mass is 9.80. The van der Waals surface area contributed by atoms with E-state index in [-0.39, 0.29) is 23.1 Å². The number of carbonyl (C=O) groups is 1. The minimum atomic E-state index is -0.389. The number of rotatable bonds is 5. The van der Waals surface area contributed by atoms with Crippen LogP contribution in [0.5, 0.6) is 5.75 Å². The Hall–Kier alpha value is -1.78. The van der Waals surface area contributed by atoms with Gasteiger partial charge in [0.05, 0.1) is 12.8 Å². The fourth-order valence-electron chi connectivity index (χ4n) is 1.54. The van der Waals surface area contributed by atoms with Gasteiger partial charge < -0.3 is 4.74 Å². The highest BCUT2D eigenvalue weighted by atomic mass is 19.1. The Morgan fingerprint density at radius 2 is 2.05 bits per heavy atom. The zero-order valence-corrected chi connectivity index (χ0v) is 12.7. The first-order valence-electron chi connectivity index (χ1n) is 6.62. The van der Waals surface area contributed by atoms with Crippen molar-refractivity contribution < 1.29 is 13.9 Å². The maximum Gasteiger partial charge on any atom is 0.238 e. The van der Waals surface area contributed by atoms with Crippen molar-refractivity contribution >= 4 is 11.6 Å². The van der Waals surface area contributed by atoms with Gasteiger partial charge in [0, 0.05) is 12.5 Å². The third-order valence-electron chi connectivity index (χ3n) is 3.47. The summed E-state index contributed by atoms with van der Waals surface area (Å²) in [7, 11) is 1.45. The van der Waals surface area contributed by atoms with E-state index >= 15 is 0 Å². The predicted octanol–water partition coefficient (Wildman–Crippen LogP) is 3.35. The lowest BCUT2D eigenvalue weighted by Gasteiger charge is -2.26. The van der Waals surface area contributed by atoms with Crippen molar-refractivity contribution in [1.29, 1.82) is 0 Å². The van der Waals surface area contributed by atoms with Gasteiger partial charge in [0.1, 0.15) is 11.6 Å². The minimum Gasteiger partial charge on any atom is -0.494 e. The van der Waals surface area contributed by atoms with Crippen LogP contribution in [0.2, 0.25) is 0 Å². The SMILES string of the molecule is COc1cc(F)ccc1NNC(=O)C[C@H](C)C(C)(C)C. The van der Waals surface area contributed by atoms with Gasteiger partial charge in [-0.25, -0.2) is 4.39 Å². The molecule has 2 N–H and O–H groups in total. The van der Waals surface area contributed by atoms with Crippen LogP contribution >= 0.6 is 0 Å². The molecule has 0 aliphatic rings. The fraction of sp³-hybridized carbons (Fsp3) is 0.533. The smallest absolute Gasteiger partial charge is 0.238 e. The molecule has 0 saturated heterocycles. The Kier molecular flexibility index (Phi) is 5.36. The molecule has 0 radical (unpaired) electrons. The van der Waals surface area contributed by atoms with Crippen molar-refractivity contribution in [2.24, 2.45) is 11.3 Å². The molecule has 0 aliphatic carbocycles. The zero-order valence-electron chi connectivity index (χ0n) is 12.7. The molecule has 1 amide bonds. The van der Waals surface area contributed by atoms with Crippen LogP contribution in [0.3, 0.4) is 0 Å². The summed E-state index contributed by atoms with van der Waals surface area (Å²) in [6, 6.07) is 4.07. The average molecular weight is 282 g/mol. The molecule has 1 aromatic rings. The van der Waals surface area contributed by atoms with Crippen LogP contribution in [0.1, 0.15) is 34.1 Å². The molecule has 5 heteroatoms. The van der Waals surface area contributed by atoms with E-state index in [1.165, 1.54) is 25.3 Å². The number of halogens is 1. The quantitative estimate of drug-likeness (QED) is 0.814. The third kappa shape index (κ3) is 4.72. The summed E-state index contributed by atoms with van der Waals surface area (Å²) < 4.78 is 18.1. The third-order valence-corrected chi connectivity index (χ3v) is 3.47. The highest BCUT2D eigenvalue weighted by molar-refractivity contribution is 5.78. The standard InChI is InChI=1S/C15H23FN2O2/c1-10(15(2,3)4)8-14(19)18-17-12-7-6-11(16)9-13(12)20-5/h6-7,9-10,17H,8H2,1-5H3,(H,18,19)/t10-/m0/s1. The lowest BCUT2D eigenvalue weighted by molar-refractivity contribution is -0.122. The molecular weight excluding hydrogens is 259 g/mol. The van der Waals surface area contributed by atoms with Gasteiger partial charge in [0.2, 0.25) is 5.91 Å². The number of ether oxygens (including phenoxy) is 1. The Morgan fingerprint density at radius 3 is 2.60 bits per heavy atom. The summed E-state index contributed by atoms with van der Waals surface area (Å²) in [5, 5.41) is 0. The first kappa shape index (κ1) is 16.3. The fourth-order valence-corrected chi connectivity index (χ4v) is 1.54. The second-order valence-electron chi connectivity index (χ2n) is 5.99. The van der Waals surface area contributed by atoms with E-state index in [2.05, 4.69) is 31.6 Å². The number of hydrogen-bond acceptors (Lipinski definition) is 3. The molecule has 0 heterocycles. The van der Waals surface area contributed by atoms with Gasteiger partial charge in [0.25, 0.3) is 0 Å². The van der Waals surface area contributed by atoms with E-state index in [1.54, 1.807) is 0 Å². The molecule has 0 fully saturated rings. The molecule has 0 saturated carbocycles. The summed E-state index contributed by atoms with van der Waals surface area (Å²) in [6.45, 7) is 8.34. The molecule has 1 aromatic carbocycles. The zero-order chi connectivity index (χ0) is 15.3. The summed E-state index contributed by atoms with van der Waals surface area (Å²) in [5.74, 6) is 0.0902. The van der Waals surface area contributed by atoms with Crippen molar-refractivity contribution in [3.05, 3.63) is 24.0 Å². The monoisotopic (exact) mass is 282 g/mol. The van der Waals surface area contributed by atoms with Crippen molar-refractivity contribution in [3.63, 3.8) is 0 Å². The lowest BCUT2D eigenvalue weighted by Crippen LogP contribution is -2.33. The number of nitrogens with one attached hydrogen (secondary N) is 2. The molecule has 0 aliphatic heterocycles. The maximum atomic E-state index is 13.0. The van der Waals surface area contributed by atoms with Crippen LogP contribution in [-0.2, 0) is 4.79 Å². The summed E-state index contributed by atoms with van der Waals surface area (Å²) >= 11 is 0. The van der Waals surface area contributed by atoms with Gasteiger partial charge >= 0.3 is 0 Å². The summed E-state index contributed by atoms with van der Waals surface area (Å²) in [4.78, 5) is 11.9. The van der Waals surface area contributed by atoms with Crippen molar-refractivity contribution in [1.82, 2.24) is 5.43 Å². The second-order valence-corrected chi connectivity index (χ2v) is 5.99. The minimum absolute atomic E-state index is 0.0743. The number of amides is 1. The van der Waals surface area contributed by atoms with Gasteiger partial charge in [0.15, 0.2) is 0 Å². The van der Waals surface area contributed by atoms with Gasteiger partial charge in [-0.1, -0.05) is 27.7 Å². The molecule has 112 valence electrons. The highest BCUT2D eigenvalue weighted by Crippen LogP contribution is 2.28. The number of anilines is 1. The first-order valence-corrected chi connectivity index (χ1v) is 6.62. The second kappa shape index (κ2) is 6.59. The molecule has 4 nitrogen and oxygen atoms in total. The van der Waals surface area contributed by atoms with Crippen LogP contribution in [0.15, 0.2) is 18.2 Å². The van der Waals surface area contributed by atoms with Crippen molar-refractivity contribution in [2.75, 3.05) is 12.5 Å². The van der Waals surface area contributed by atoms with Crippen molar-refractivity contribution in [2.45, 2.75) is 34.1 Å². The van der Waals surface area contributed by atoms with Crippen LogP contribution in [0.25, 0.3) is 0 Å². The maximum absolute atomic E-state index is 13.0. The van der Waals surface area contributed by atoms with Crippen LogP contribution < -0.4 is 15.6 Å². The molecule has 1 atom stereocenters.